The van der Waals surface area contributed by atoms with Crippen LogP contribution in [0.25, 0.3) is 0 Å². The molecule has 1 aromatic rings. The van der Waals surface area contributed by atoms with Crippen LogP contribution in [0.3, 0.4) is 0 Å². The van der Waals surface area contributed by atoms with E-state index in [1.165, 1.54) is 12.8 Å². The lowest BCUT2D eigenvalue weighted by atomic mass is 10.0. The number of benzene rings is 1. The number of nitrogens with two attached hydrogens (primary N) is 1. The number of rotatable bonds is 11. The molecule has 4 N–H and O–H groups in total. The molecule has 0 aliphatic rings. The van der Waals surface area contributed by atoms with Crippen molar-refractivity contribution in [3.8, 4) is 0 Å². The summed E-state index contributed by atoms with van der Waals surface area (Å²) in [4.78, 5) is 4.43. The molecule has 0 bridgehead atoms. The van der Waals surface area contributed by atoms with E-state index in [-0.39, 0.29) is 24.0 Å². The number of halogens is 1. The maximum atomic E-state index is 5.98. The molecule has 1 aromatic carbocycles. The Hall–Kier alpha value is -1.02. The van der Waals surface area contributed by atoms with E-state index < -0.39 is 0 Å². The molecule has 0 saturated heterocycles. The van der Waals surface area contributed by atoms with Gasteiger partial charge < -0.3 is 21.1 Å². The summed E-state index contributed by atoms with van der Waals surface area (Å²) in [6.07, 6.45) is 3.60. The van der Waals surface area contributed by atoms with Crippen LogP contribution in [-0.2, 0) is 11.3 Å². The van der Waals surface area contributed by atoms with Crippen molar-refractivity contribution in [3.63, 3.8) is 0 Å². The summed E-state index contributed by atoms with van der Waals surface area (Å²) in [5.74, 6) is 1.28. The lowest BCUT2D eigenvalue weighted by Gasteiger charge is -2.15. The van der Waals surface area contributed by atoms with Crippen LogP contribution in [0.4, 0.5) is 5.69 Å². The zero-order valence-corrected chi connectivity index (χ0v) is 18.4. The molecule has 25 heavy (non-hydrogen) atoms. The Balaban J connectivity index is 0.00000576. The van der Waals surface area contributed by atoms with E-state index in [0.29, 0.717) is 25.2 Å². The zero-order valence-electron chi connectivity index (χ0n) is 16.0. The van der Waals surface area contributed by atoms with E-state index >= 15 is 0 Å². The minimum Gasteiger partial charge on any atom is -0.383 e. The van der Waals surface area contributed by atoms with Crippen molar-refractivity contribution >= 4 is 35.6 Å². The molecule has 0 fully saturated rings. The van der Waals surface area contributed by atoms with Crippen LogP contribution in [0.5, 0.6) is 0 Å². The molecule has 1 unspecified atom stereocenters. The Kier molecular flexibility index (Phi) is 13.6. The van der Waals surface area contributed by atoms with E-state index in [0.717, 1.165) is 30.1 Å². The van der Waals surface area contributed by atoms with Crippen molar-refractivity contribution < 1.29 is 4.74 Å². The number of anilines is 1. The topological polar surface area (TPSA) is 71.7 Å². The highest BCUT2D eigenvalue weighted by atomic mass is 127. The molecule has 0 aliphatic heterocycles. The molecule has 6 heteroatoms. The second-order valence-corrected chi connectivity index (χ2v) is 6.69. The number of ether oxygens (including phenoxy) is 1. The Labute approximate surface area is 170 Å². The van der Waals surface area contributed by atoms with Crippen molar-refractivity contribution in [3.05, 3.63) is 29.8 Å². The van der Waals surface area contributed by atoms with E-state index in [9.17, 15) is 0 Å². The third-order valence-corrected chi connectivity index (χ3v) is 3.83. The molecule has 0 aromatic heterocycles. The molecule has 0 aliphatic carbocycles. The van der Waals surface area contributed by atoms with Gasteiger partial charge in [0.05, 0.1) is 13.2 Å². The van der Waals surface area contributed by atoms with Crippen LogP contribution in [0, 0.1) is 5.92 Å². The van der Waals surface area contributed by atoms with Crippen LogP contribution >= 0.6 is 24.0 Å². The van der Waals surface area contributed by atoms with Gasteiger partial charge in [-0.25, -0.2) is 4.99 Å². The van der Waals surface area contributed by atoms with Crippen molar-refractivity contribution in [1.29, 1.82) is 0 Å². The predicted octanol–water partition coefficient (Wildman–Crippen LogP) is 3.98. The number of nitrogens with zero attached hydrogens (tertiary/aromatic N) is 1. The van der Waals surface area contributed by atoms with E-state index in [2.05, 4.69) is 60.7 Å². The second kappa shape index (κ2) is 14.2. The molecular formula is C19H35IN4O. The largest absolute Gasteiger partial charge is 0.383 e. The zero-order chi connectivity index (χ0) is 17.8. The summed E-state index contributed by atoms with van der Waals surface area (Å²) in [7, 11) is 1.70. The molecule has 0 saturated carbocycles. The first-order valence-electron chi connectivity index (χ1n) is 8.89. The van der Waals surface area contributed by atoms with Gasteiger partial charge in [-0.05, 0) is 37.0 Å². The molecule has 5 nitrogen and oxygen atoms in total. The maximum absolute atomic E-state index is 5.98. The number of guanidine groups is 1. The fourth-order valence-corrected chi connectivity index (χ4v) is 2.40. The molecule has 0 amide bonds. The summed E-state index contributed by atoms with van der Waals surface area (Å²) in [5.41, 5.74) is 8.21. The minimum atomic E-state index is 0. The van der Waals surface area contributed by atoms with Crippen molar-refractivity contribution in [2.75, 3.05) is 25.6 Å². The highest BCUT2D eigenvalue weighted by molar-refractivity contribution is 14.0. The number of aliphatic imine (C=N–C) groups is 1. The van der Waals surface area contributed by atoms with Gasteiger partial charge in [-0.15, -0.1) is 24.0 Å². The summed E-state index contributed by atoms with van der Waals surface area (Å²) in [6.45, 7) is 8.76. The molecule has 0 spiro atoms. The smallest absolute Gasteiger partial charge is 0.189 e. The molecule has 1 rings (SSSR count). The standard InChI is InChI=1S/C19H34N4O.HI/c1-15(2)6-5-7-16(3)23-19(20)22-14-17-8-10-18(11-9-17)21-12-13-24-4;/h8-11,15-16,21H,5-7,12-14H2,1-4H3,(H3,20,22,23);1H. The minimum absolute atomic E-state index is 0. The fourth-order valence-electron chi connectivity index (χ4n) is 2.40. The van der Waals surface area contributed by atoms with Gasteiger partial charge >= 0.3 is 0 Å². The fraction of sp³-hybridized carbons (Fsp3) is 0.632. The van der Waals surface area contributed by atoms with Crippen LogP contribution < -0.4 is 16.4 Å². The average Bonchev–Trinajstić information content (AvgIpc) is 2.54. The lowest BCUT2D eigenvalue weighted by molar-refractivity contribution is 0.211. The summed E-state index contributed by atoms with van der Waals surface area (Å²) < 4.78 is 5.02. The normalized spacial score (nSPS) is 12.6. The first kappa shape index (κ1) is 24.0. The molecule has 144 valence electrons. The second-order valence-electron chi connectivity index (χ2n) is 6.69. The van der Waals surface area contributed by atoms with Gasteiger partial charge in [-0.1, -0.05) is 38.8 Å². The molecule has 1 atom stereocenters. The van der Waals surface area contributed by atoms with Crippen LogP contribution in [-0.4, -0.2) is 32.3 Å². The molecular weight excluding hydrogens is 427 g/mol. The van der Waals surface area contributed by atoms with Crippen molar-refractivity contribution in [2.45, 2.75) is 52.6 Å². The van der Waals surface area contributed by atoms with Crippen molar-refractivity contribution in [1.82, 2.24) is 5.32 Å². The van der Waals surface area contributed by atoms with Gasteiger partial charge in [-0.3, -0.25) is 0 Å². The monoisotopic (exact) mass is 462 g/mol. The number of nitrogens with one attached hydrogen (secondary N) is 2. The first-order chi connectivity index (χ1) is 11.5. The first-order valence-corrected chi connectivity index (χ1v) is 8.89. The number of hydrogen-bond donors (Lipinski definition) is 3. The van der Waals surface area contributed by atoms with Crippen LogP contribution in [0.15, 0.2) is 29.3 Å². The van der Waals surface area contributed by atoms with Crippen LogP contribution in [0.1, 0.15) is 45.6 Å². The Bertz CT molecular complexity index is 477. The maximum Gasteiger partial charge on any atom is 0.189 e. The predicted molar refractivity (Wildman–Crippen MR) is 119 cm³/mol. The number of methoxy groups -OCH3 is 1. The van der Waals surface area contributed by atoms with E-state index in [1.54, 1.807) is 7.11 Å². The Morgan fingerprint density at radius 1 is 1.16 bits per heavy atom. The van der Waals surface area contributed by atoms with Crippen molar-refractivity contribution in [2.24, 2.45) is 16.6 Å². The number of hydrogen-bond acceptors (Lipinski definition) is 3. The molecule has 0 radical (unpaired) electrons. The Morgan fingerprint density at radius 2 is 1.84 bits per heavy atom. The lowest BCUT2D eigenvalue weighted by Crippen LogP contribution is -2.38. The van der Waals surface area contributed by atoms with Gasteiger partial charge in [0.2, 0.25) is 0 Å². The van der Waals surface area contributed by atoms with E-state index in [4.69, 9.17) is 10.5 Å². The Morgan fingerprint density at radius 3 is 2.44 bits per heavy atom. The van der Waals surface area contributed by atoms with E-state index in [1.807, 2.05) is 0 Å². The summed E-state index contributed by atoms with van der Waals surface area (Å²) >= 11 is 0. The summed E-state index contributed by atoms with van der Waals surface area (Å²) in [6, 6.07) is 8.60. The van der Waals surface area contributed by atoms with Crippen LogP contribution in [0.2, 0.25) is 0 Å². The van der Waals surface area contributed by atoms with Gasteiger partial charge in [0.15, 0.2) is 5.96 Å². The molecule has 0 heterocycles. The highest BCUT2D eigenvalue weighted by Crippen LogP contribution is 2.10. The van der Waals surface area contributed by atoms with Gasteiger partial charge in [0, 0.05) is 25.4 Å². The highest BCUT2D eigenvalue weighted by Gasteiger charge is 2.04. The summed E-state index contributed by atoms with van der Waals surface area (Å²) in [5, 5.41) is 6.56. The third-order valence-electron chi connectivity index (χ3n) is 3.83. The van der Waals surface area contributed by atoms with Gasteiger partial charge in [-0.2, -0.15) is 0 Å². The van der Waals surface area contributed by atoms with Gasteiger partial charge in [0.1, 0.15) is 0 Å². The average molecular weight is 462 g/mol. The third kappa shape index (κ3) is 12.0. The quantitative estimate of drug-likeness (QED) is 0.201. The van der Waals surface area contributed by atoms with Gasteiger partial charge in [0.25, 0.3) is 0 Å². The SMILES string of the molecule is COCCNc1ccc(CN=C(N)NC(C)CCCC(C)C)cc1.I.